The summed E-state index contributed by atoms with van der Waals surface area (Å²) in [5, 5.41) is 1.12. The van der Waals surface area contributed by atoms with Crippen molar-refractivity contribution in [1.29, 1.82) is 0 Å². The Morgan fingerprint density at radius 1 is 1.58 bits per heavy atom. The molecule has 0 fully saturated rings. The van der Waals surface area contributed by atoms with Crippen LogP contribution in [0.2, 0.25) is 0 Å². The quantitative estimate of drug-likeness (QED) is 0.667. The van der Waals surface area contributed by atoms with Gasteiger partial charge in [-0.15, -0.1) is 0 Å². The van der Waals surface area contributed by atoms with Gasteiger partial charge < -0.3 is 10.7 Å². The molecule has 0 bridgehead atoms. The van der Waals surface area contributed by atoms with Gasteiger partial charge in [0.2, 0.25) is 0 Å². The summed E-state index contributed by atoms with van der Waals surface area (Å²) in [7, 11) is 0. The summed E-state index contributed by atoms with van der Waals surface area (Å²) in [6, 6.07) is 4.03. The van der Waals surface area contributed by atoms with Crippen molar-refractivity contribution in [2.75, 3.05) is 0 Å². The average molecular weight is 161 g/mol. The molecule has 0 spiro atoms. The van der Waals surface area contributed by atoms with E-state index in [1.54, 1.807) is 6.20 Å². The molecule has 3 heteroatoms. The molecule has 62 valence electrons. The Morgan fingerprint density at radius 2 is 2.42 bits per heavy atom. The molecule has 0 radical (unpaired) electrons. The zero-order valence-corrected chi connectivity index (χ0v) is 6.91. The first-order chi connectivity index (χ1) is 5.77. The number of fused-ring (bicyclic) bond motifs is 1. The van der Waals surface area contributed by atoms with E-state index in [0.29, 0.717) is 0 Å². The minimum atomic E-state index is 0.0531. The van der Waals surface area contributed by atoms with E-state index in [4.69, 9.17) is 5.73 Å². The van der Waals surface area contributed by atoms with Gasteiger partial charge in [-0.25, -0.2) is 0 Å². The molecule has 0 aromatic carbocycles. The van der Waals surface area contributed by atoms with Crippen LogP contribution < -0.4 is 5.73 Å². The summed E-state index contributed by atoms with van der Waals surface area (Å²) in [4.78, 5) is 7.25. The monoisotopic (exact) mass is 161 g/mol. The van der Waals surface area contributed by atoms with Crippen molar-refractivity contribution in [3.8, 4) is 0 Å². The fourth-order valence-corrected chi connectivity index (χ4v) is 1.24. The highest BCUT2D eigenvalue weighted by Gasteiger charge is 2.02. The molecule has 3 N–H and O–H groups in total. The first kappa shape index (κ1) is 7.31. The maximum atomic E-state index is 5.73. The van der Waals surface area contributed by atoms with Gasteiger partial charge >= 0.3 is 0 Å². The highest BCUT2D eigenvalue weighted by molar-refractivity contribution is 5.79. The molecule has 0 unspecified atom stereocenters. The van der Waals surface area contributed by atoms with Crippen molar-refractivity contribution < 1.29 is 0 Å². The second kappa shape index (κ2) is 2.60. The molecule has 2 aromatic heterocycles. The van der Waals surface area contributed by atoms with Gasteiger partial charge in [-0.1, -0.05) is 0 Å². The maximum Gasteiger partial charge on any atom is 0.0487 e. The third-order valence-electron chi connectivity index (χ3n) is 1.93. The van der Waals surface area contributed by atoms with Crippen LogP contribution in [0.25, 0.3) is 10.9 Å². The predicted molar refractivity (Wildman–Crippen MR) is 48.7 cm³/mol. The maximum absolute atomic E-state index is 5.73. The van der Waals surface area contributed by atoms with E-state index in [9.17, 15) is 0 Å². The van der Waals surface area contributed by atoms with Crippen LogP contribution in [0.5, 0.6) is 0 Å². The second-order valence-electron chi connectivity index (χ2n) is 2.98. The Balaban J connectivity index is 2.62. The summed E-state index contributed by atoms with van der Waals surface area (Å²) in [6.07, 6.45) is 3.60. The van der Waals surface area contributed by atoms with E-state index in [0.717, 1.165) is 16.6 Å². The summed E-state index contributed by atoms with van der Waals surface area (Å²) < 4.78 is 0. The minimum absolute atomic E-state index is 0.0531. The van der Waals surface area contributed by atoms with Gasteiger partial charge in [-0.05, 0) is 19.1 Å². The molecule has 12 heavy (non-hydrogen) atoms. The molecule has 0 aliphatic rings. The SMILES string of the molecule is C[C@H](N)c1cc2cnccc2[nH]1. The number of hydrogen-bond donors (Lipinski definition) is 2. The van der Waals surface area contributed by atoms with Crippen LogP contribution in [0.1, 0.15) is 18.7 Å². The van der Waals surface area contributed by atoms with Crippen molar-refractivity contribution in [3.05, 3.63) is 30.2 Å². The largest absolute Gasteiger partial charge is 0.357 e. The lowest BCUT2D eigenvalue weighted by molar-refractivity contribution is 0.792. The molecule has 3 nitrogen and oxygen atoms in total. The number of nitrogens with two attached hydrogens (primary N) is 1. The van der Waals surface area contributed by atoms with E-state index >= 15 is 0 Å². The molecule has 0 amide bonds. The highest BCUT2D eigenvalue weighted by Crippen LogP contribution is 2.16. The van der Waals surface area contributed by atoms with Crippen LogP contribution in [-0.2, 0) is 0 Å². The zero-order chi connectivity index (χ0) is 8.55. The van der Waals surface area contributed by atoms with E-state index in [1.807, 2.05) is 25.3 Å². The van der Waals surface area contributed by atoms with Gasteiger partial charge in [0, 0.05) is 35.0 Å². The first-order valence-electron chi connectivity index (χ1n) is 3.95. The molecule has 0 saturated heterocycles. The van der Waals surface area contributed by atoms with Crippen molar-refractivity contribution in [1.82, 2.24) is 9.97 Å². The van der Waals surface area contributed by atoms with Crippen LogP contribution >= 0.6 is 0 Å². The fraction of sp³-hybridized carbons (Fsp3) is 0.222. The molecule has 2 rings (SSSR count). The number of hydrogen-bond acceptors (Lipinski definition) is 2. The molecule has 0 aliphatic heterocycles. The van der Waals surface area contributed by atoms with E-state index in [1.165, 1.54) is 0 Å². The van der Waals surface area contributed by atoms with Crippen LogP contribution in [0, 0.1) is 0 Å². The third-order valence-corrected chi connectivity index (χ3v) is 1.93. The predicted octanol–water partition coefficient (Wildman–Crippen LogP) is 1.58. The standard InChI is InChI=1S/C9H11N3/c1-6(10)9-4-7-5-11-3-2-8(7)12-9/h2-6,12H,10H2,1H3/t6-/m0/s1. The Hall–Kier alpha value is -1.35. The Bertz CT molecular complexity index is 356. The molecule has 2 heterocycles. The van der Waals surface area contributed by atoms with Gasteiger partial charge in [-0.2, -0.15) is 0 Å². The summed E-state index contributed by atoms with van der Waals surface area (Å²) >= 11 is 0. The molecular formula is C9H11N3. The van der Waals surface area contributed by atoms with Gasteiger partial charge in [0.25, 0.3) is 0 Å². The number of rotatable bonds is 1. The third kappa shape index (κ3) is 1.08. The minimum Gasteiger partial charge on any atom is -0.357 e. The molecule has 0 aliphatic carbocycles. The van der Waals surface area contributed by atoms with E-state index in [-0.39, 0.29) is 6.04 Å². The lowest BCUT2D eigenvalue weighted by Crippen LogP contribution is -2.04. The number of nitrogens with zero attached hydrogens (tertiary/aromatic N) is 1. The summed E-state index contributed by atoms with van der Waals surface area (Å²) in [5.41, 5.74) is 7.87. The number of pyridine rings is 1. The highest BCUT2D eigenvalue weighted by atomic mass is 14.8. The second-order valence-corrected chi connectivity index (χ2v) is 2.98. The van der Waals surface area contributed by atoms with Gasteiger partial charge in [-0.3, -0.25) is 4.98 Å². The Labute approximate surface area is 70.6 Å². The van der Waals surface area contributed by atoms with Crippen molar-refractivity contribution in [2.45, 2.75) is 13.0 Å². The van der Waals surface area contributed by atoms with Crippen LogP contribution in [0.4, 0.5) is 0 Å². The lowest BCUT2D eigenvalue weighted by atomic mass is 10.2. The molecule has 0 saturated carbocycles. The molecule has 2 aromatic rings. The van der Waals surface area contributed by atoms with Crippen LogP contribution in [0.3, 0.4) is 0 Å². The first-order valence-corrected chi connectivity index (χ1v) is 3.95. The van der Waals surface area contributed by atoms with Crippen molar-refractivity contribution in [3.63, 3.8) is 0 Å². The van der Waals surface area contributed by atoms with Gasteiger partial charge in [0.15, 0.2) is 0 Å². The fourth-order valence-electron chi connectivity index (χ4n) is 1.24. The normalized spacial score (nSPS) is 13.5. The van der Waals surface area contributed by atoms with E-state index < -0.39 is 0 Å². The summed E-state index contributed by atoms with van der Waals surface area (Å²) in [6.45, 7) is 1.96. The van der Waals surface area contributed by atoms with Crippen molar-refractivity contribution >= 4 is 10.9 Å². The summed E-state index contributed by atoms with van der Waals surface area (Å²) in [5.74, 6) is 0. The molecular weight excluding hydrogens is 150 g/mol. The Kier molecular flexibility index (Phi) is 1.59. The topological polar surface area (TPSA) is 54.7 Å². The Morgan fingerprint density at radius 3 is 3.08 bits per heavy atom. The zero-order valence-electron chi connectivity index (χ0n) is 6.91. The number of aromatic amines is 1. The van der Waals surface area contributed by atoms with Gasteiger partial charge in [0.1, 0.15) is 0 Å². The number of nitrogens with one attached hydrogen (secondary N) is 1. The lowest BCUT2D eigenvalue weighted by Gasteiger charge is -1.98. The van der Waals surface area contributed by atoms with Gasteiger partial charge in [0.05, 0.1) is 0 Å². The number of H-pyrrole nitrogens is 1. The molecule has 1 atom stereocenters. The van der Waals surface area contributed by atoms with Crippen LogP contribution in [0.15, 0.2) is 24.5 Å². The van der Waals surface area contributed by atoms with E-state index in [2.05, 4.69) is 9.97 Å². The smallest absolute Gasteiger partial charge is 0.0487 e. The van der Waals surface area contributed by atoms with Crippen molar-refractivity contribution in [2.24, 2.45) is 5.73 Å². The average Bonchev–Trinajstić information content (AvgIpc) is 2.46. The number of aromatic nitrogens is 2. The van der Waals surface area contributed by atoms with Crippen LogP contribution in [-0.4, -0.2) is 9.97 Å².